The largest absolute Gasteiger partial charge is 0.359 e. The minimum atomic E-state index is 0.0740. The van der Waals surface area contributed by atoms with E-state index in [0.717, 1.165) is 21.2 Å². The predicted molar refractivity (Wildman–Crippen MR) is 69.5 cm³/mol. The highest BCUT2D eigenvalue weighted by atomic mass is 35.5. The summed E-state index contributed by atoms with van der Waals surface area (Å²) in [5.41, 5.74) is 2.19. The molecule has 17 heavy (non-hydrogen) atoms. The Morgan fingerprint density at radius 3 is 2.24 bits per heavy atom. The molecule has 2 aromatic rings. The van der Waals surface area contributed by atoms with Gasteiger partial charge in [-0.2, -0.15) is 0 Å². The standard InChI is InChI=1S/C14H10Cl2O/c15-10-7-5-9(6-8-10)13-14(17-13)11-3-1-2-4-12(11)16/h1-8,13-14H/t13-,14-/m1/s1. The lowest BCUT2D eigenvalue weighted by Crippen LogP contribution is -1.85. The van der Waals surface area contributed by atoms with Crippen LogP contribution in [-0.2, 0) is 4.74 Å². The molecule has 86 valence electrons. The van der Waals surface area contributed by atoms with Crippen molar-refractivity contribution in [3.63, 3.8) is 0 Å². The van der Waals surface area contributed by atoms with Crippen LogP contribution in [0.2, 0.25) is 10.0 Å². The van der Waals surface area contributed by atoms with Gasteiger partial charge in [-0.25, -0.2) is 0 Å². The van der Waals surface area contributed by atoms with Gasteiger partial charge in [0.15, 0.2) is 0 Å². The monoisotopic (exact) mass is 264 g/mol. The summed E-state index contributed by atoms with van der Waals surface area (Å²) in [6.07, 6.45) is 0.178. The van der Waals surface area contributed by atoms with E-state index in [0.29, 0.717) is 0 Å². The molecule has 1 aliphatic rings. The van der Waals surface area contributed by atoms with E-state index in [1.165, 1.54) is 0 Å². The van der Waals surface area contributed by atoms with Crippen molar-refractivity contribution in [3.05, 3.63) is 69.7 Å². The quantitative estimate of drug-likeness (QED) is 0.710. The molecule has 2 aromatic carbocycles. The number of benzene rings is 2. The van der Waals surface area contributed by atoms with Crippen molar-refractivity contribution in [1.29, 1.82) is 0 Å². The van der Waals surface area contributed by atoms with Crippen molar-refractivity contribution in [2.24, 2.45) is 0 Å². The van der Waals surface area contributed by atoms with E-state index in [1.54, 1.807) is 0 Å². The first-order valence-corrected chi connectivity index (χ1v) is 6.16. The molecule has 0 N–H and O–H groups in total. The van der Waals surface area contributed by atoms with Crippen molar-refractivity contribution in [2.75, 3.05) is 0 Å². The third kappa shape index (κ3) is 2.19. The van der Waals surface area contributed by atoms with E-state index in [9.17, 15) is 0 Å². The van der Waals surface area contributed by atoms with Crippen molar-refractivity contribution < 1.29 is 4.74 Å². The molecule has 1 fully saturated rings. The van der Waals surface area contributed by atoms with Gasteiger partial charge < -0.3 is 4.74 Å². The summed E-state index contributed by atoms with van der Waals surface area (Å²) in [7, 11) is 0. The zero-order chi connectivity index (χ0) is 11.8. The van der Waals surface area contributed by atoms with Crippen LogP contribution in [-0.4, -0.2) is 0 Å². The third-order valence-electron chi connectivity index (χ3n) is 2.90. The third-order valence-corrected chi connectivity index (χ3v) is 3.50. The van der Waals surface area contributed by atoms with Crippen LogP contribution in [0.5, 0.6) is 0 Å². The van der Waals surface area contributed by atoms with Gasteiger partial charge in [-0.05, 0) is 23.8 Å². The molecule has 0 radical (unpaired) electrons. The lowest BCUT2D eigenvalue weighted by molar-refractivity contribution is 0.378. The molecule has 2 atom stereocenters. The summed E-state index contributed by atoms with van der Waals surface area (Å²) >= 11 is 12.0. The molecule has 1 saturated heterocycles. The number of epoxide rings is 1. The minimum Gasteiger partial charge on any atom is -0.359 e. The molecule has 0 unspecified atom stereocenters. The summed E-state index contributed by atoms with van der Waals surface area (Å²) in [5.74, 6) is 0. The normalized spacial score (nSPS) is 22.5. The van der Waals surface area contributed by atoms with Gasteiger partial charge in [0.2, 0.25) is 0 Å². The number of ether oxygens (including phenoxy) is 1. The van der Waals surface area contributed by atoms with E-state index in [1.807, 2.05) is 48.5 Å². The Hall–Kier alpha value is -1.02. The van der Waals surface area contributed by atoms with Crippen LogP contribution in [0.25, 0.3) is 0 Å². The second-order valence-electron chi connectivity index (χ2n) is 4.05. The van der Waals surface area contributed by atoms with Gasteiger partial charge in [0.25, 0.3) is 0 Å². The molecule has 0 aliphatic carbocycles. The summed E-state index contributed by atoms with van der Waals surface area (Å²) < 4.78 is 5.68. The molecule has 3 heteroatoms. The van der Waals surface area contributed by atoms with Crippen molar-refractivity contribution in [1.82, 2.24) is 0 Å². The fraction of sp³-hybridized carbons (Fsp3) is 0.143. The van der Waals surface area contributed by atoms with Gasteiger partial charge in [0.05, 0.1) is 0 Å². The Morgan fingerprint density at radius 1 is 0.824 bits per heavy atom. The van der Waals surface area contributed by atoms with E-state index in [-0.39, 0.29) is 12.2 Å². The minimum absolute atomic E-state index is 0.0740. The SMILES string of the molecule is Clc1ccc([C@H]2O[C@@H]2c2ccccc2Cl)cc1. The molecular weight excluding hydrogens is 255 g/mol. The molecular formula is C14H10Cl2O. The fourth-order valence-corrected chi connectivity index (χ4v) is 2.33. The number of hydrogen-bond acceptors (Lipinski definition) is 1. The van der Waals surface area contributed by atoms with Crippen molar-refractivity contribution >= 4 is 23.2 Å². The van der Waals surface area contributed by atoms with Gasteiger partial charge in [-0.3, -0.25) is 0 Å². The maximum absolute atomic E-state index is 6.14. The van der Waals surface area contributed by atoms with Crippen LogP contribution < -0.4 is 0 Å². The van der Waals surface area contributed by atoms with Crippen LogP contribution >= 0.6 is 23.2 Å². The summed E-state index contributed by atoms with van der Waals surface area (Å²) in [4.78, 5) is 0. The first-order valence-electron chi connectivity index (χ1n) is 5.41. The molecule has 1 nitrogen and oxygen atoms in total. The Bertz CT molecular complexity index is 536. The Kier molecular flexibility index (Phi) is 2.83. The van der Waals surface area contributed by atoms with E-state index >= 15 is 0 Å². The van der Waals surface area contributed by atoms with Gasteiger partial charge in [-0.1, -0.05) is 53.5 Å². The molecule has 3 rings (SSSR count). The maximum atomic E-state index is 6.14. The second-order valence-corrected chi connectivity index (χ2v) is 4.89. The van der Waals surface area contributed by atoms with Gasteiger partial charge >= 0.3 is 0 Å². The van der Waals surface area contributed by atoms with E-state index < -0.39 is 0 Å². The zero-order valence-corrected chi connectivity index (χ0v) is 10.4. The average Bonchev–Trinajstić information content (AvgIpc) is 3.11. The Labute approximate surface area is 110 Å². The average molecular weight is 265 g/mol. The second kappa shape index (κ2) is 4.34. The highest BCUT2D eigenvalue weighted by molar-refractivity contribution is 6.31. The van der Waals surface area contributed by atoms with E-state index in [4.69, 9.17) is 27.9 Å². The van der Waals surface area contributed by atoms with Crippen molar-refractivity contribution in [2.45, 2.75) is 12.2 Å². The topological polar surface area (TPSA) is 12.5 Å². The van der Waals surface area contributed by atoms with Crippen molar-refractivity contribution in [3.8, 4) is 0 Å². The highest BCUT2D eigenvalue weighted by Gasteiger charge is 2.42. The number of halogens is 2. The van der Waals surface area contributed by atoms with Crippen LogP contribution in [0, 0.1) is 0 Å². The maximum Gasteiger partial charge on any atom is 0.115 e. The molecule has 0 amide bonds. The van der Waals surface area contributed by atoms with E-state index in [2.05, 4.69) is 0 Å². The summed E-state index contributed by atoms with van der Waals surface area (Å²) in [6, 6.07) is 15.5. The first-order chi connectivity index (χ1) is 8.25. The number of rotatable bonds is 2. The first kappa shape index (κ1) is 11.1. The molecule has 0 saturated carbocycles. The van der Waals surface area contributed by atoms with Crippen LogP contribution in [0.3, 0.4) is 0 Å². The lowest BCUT2D eigenvalue weighted by atomic mass is 10.0. The lowest BCUT2D eigenvalue weighted by Gasteiger charge is -1.99. The zero-order valence-electron chi connectivity index (χ0n) is 8.94. The molecule has 1 heterocycles. The molecule has 0 bridgehead atoms. The summed E-state index contributed by atoms with van der Waals surface area (Å²) in [6.45, 7) is 0. The van der Waals surface area contributed by atoms with Crippen LogP contribution in [0.15, 0.2) is 48.5 Å². The van der Waals surface area contributed by atoms with Gasteiger partial charge in [0, 0.05) is 15.6 Å². The Morgan fingerprint density at radius 2 is 1.53 bits per heavy atom. The van der Waals surface area contributed by atoms with Crippen LogP contribution in [0.1, 0.15) is 23.3 Å². The van der Waals surface area contributed by atoms with Gasteiger partial charge in [-0.15, -0.1) is 0 Å². The highest BCUT2D eigenvalue weighted by Crippen LogP contribution is 2.52. The Balaban J connectivity index is 1.83. The molecule has 0 spiro atoms. The number of hydrogen-bond donors (Lipinski definition) is 0. The van der Waals surface area contributed by atoms with Crippen LogP contribution in [0.4, 0.5) is 0 Å². The smallest absolute Gasteiger partial charge is 0.115 e. The summed E-state index contributed by atoms with van der Waals surface area (Å²) in [5, 5.41) is 1.50. The molecule has 0 aromatic heterocycles. The fourth-order valence-electron chi connectivity index (χ4n) is 1.96. The molecule has 1 aliphatic heterocycles. The van der Waals surface area contributed by atoms with Gasteiger partial charge in [0.1, 0.15) is 12.2 Å². The predicted octanol–water partition coefficient (Wildman–Crippen LogP) is 4.81.